The number of carbonyl (C=O) groups is 2. The highest BCUT2D eigenvalue weighted by Crippen LogP contribution is 2.34. The van der Waals surface area contributed by atoms with Gasteiger partial charge in [-0.25, -0.2) is 0 Å². The molecule has 1 aliphatic heterocycles. The van der Waals surface area contributed by atoms with Crippen LogP contribution in [0, 0.1) is 12.8 Å². The minimum absolute atomic E-state index is 0.0458. The third kappa shape index (κ3) is 4.73. The second kappa shape index (κ2) is 8.78. The van der Waals surface area contributed by atoms with Crippen molar-refractivity contribution in [3.8, 4) is 5.75 Å². The second-order valence-electron chi connectivity index (χ2n) is 7.45. The van der Waals surface area contributed by atoms with Crippen molar-refractivity contribution in [2.75, 3.05) is 6.61 Å². The molecule has 5 nitrogen and oxygen atoms in total. The summed E-state index contributed by atoms with van der Waals surface area (Å²) < 4.78 is 6.62. The van der Waals surface area contributed by atoms with Gasteiger partial charge < -0.3 is 15.4 Å². The van der Waals surface area contributed by atoms with Gasteiger partial charge in [0.1, 0.15) is 11.8 Å². The molecule has 0 radical (unpaired) electrons. The number of rotatable bonds is 5. The van der Waals surface area contributed by atoms with E-state index in [0.29, 0.717) is 18.6 Å². The summed E-state index contributed by atoms with van der Waals surface area (Å²) in [6, 6.07) is 12.4. The number of benzene rings is 2. The van der Waals surface area contributed by atoms with Crippen molar-refractivity contribution in [3.63, 3.8) is 0 Å². The highest BCUT2D eigenvalue weighted by molar-refractivity contribution is 9.10. The molecule has 2 atom stereocenters. The van der Waals surface area contributed by atoms with Gasteiger partial charge in [0, 0.05) is 22.0 Å². The molecule has 0 fully saturated rings. The fraction of sp³-hybridized carbons (Fsp3) is 0.364. The molecule has 0 aromatic heterocycles. The zero-order valence-electron chi connectivity index (χ0n) is 16.3. The third-order valence-electron chi connectivity index (χ3n) is 4.84. The molecule has 2 unspecified atom stereocenters. The number of hydrogen-bond donors (Lipinski definition) is 2. The largest absolute Gasteiger partial charge is 0.493 e. The fourth-order valence-electron chi connectivity index (χ4n) is 3.32. The molecule has 2 aromatic carbocycles. The fourth-order valence-corrected chi connectivity index (χ4v) is 3.70. The topological polar surface area (TPSA) is 67.4 Å². The molecule has 0 aliphatic carbocycles. The van der Waals surface area contributed by atoms with Crippen molar-refractivity contribution < 1.29 is 14.3 Å². The summed E-state index contributed by atoms with van der Waals surface area (Å²) >= 11 is 3.48. The predicted octanol–water partition coefficient (Wildman–Crippen LogP) is 4.15. The van der Waals surface area contributed by atoms with Crippen LogP contribution in [0.3, 0.4) is 0 Å². The SMILES string of the molecule is Cc1cccc(C(=O)NC(C(=O)NC2CCOc3ccc(Br)cc32)C(C)C)c1. The number of halogens is 1. The van der Waals surface area contributed by atoms with E-state index in [0.717, 1.165) is 21.3 Å². The van der Waals surface area contributed by atoms with Crippen LogP contribution in [-0.2, 0) is 4.79 Å². The van der Waals surface area contributed by atoms with Gasteiger partial charge in [-0.3, -0.25) is 9.59 Å². The molecular formula is C22H25BrN2O3. The summed E-state index contributed by atoms with van der Waals surface area (Å²) in [6.07, 6.45) is 0.686. The van der Waals surface area contributed by atoms with Crippen molar-refractivity contribution >= 4 is 27.7 Å². The van der Waals surface area contributed by atoms with Gasteiger partial charge in [0.2, 0.25) is 5.91 Å². The first-order valence-electron chi connectivity index (χ1n) is 9.45. The number of nitrogens with one attached hydrogen (secondary N) is 2. The van der Waals surface area contributed by atoms with Gasteiger partial charge in [-0.2, -0.15) is 0 Å². The quantitative estimate of drug-likeness (QED) is 0.727. The zero-order valence-corrected chi connectivity index (χ0v) is 17.9. The lowest BCUT2D eigenvalue weighted by Crippen LogP contribution is -2.50. The van der Waals surface area contributed by atoms with Crippen molar-refractivity contribution in [1.82, 2.24) is 10.6 Å². The van der Waals surface area contributed by atoms with Gasteiger partial charge in [-0.1, -0.05) is 47.5 Å². The molecule has 0 saturated heterocycles. The van der Waals surface area contributed by atoms with Gasteiger partial charge in [0.15, 0.2) is 0 Å². The first kappa shape index (κ1) is 20.4. The van der Waals surface area contributed by atoms with Crippen molar-refractivity contribution in [2.45, 2.75) is 39.3 Å². The first-order valence-corrected chi connectivity index (χ1v) is 10.2. The Kier molecular flexibility index (Phi) is 6.39. The number of hydrogen-bond acceptors (Lipinski definition) is 3. The van der Waals surface area contributed by atoms with E-state index in [1.165, 1.54) is 0 Å². The van der Waals surface area contributed by atoms with Crippen LogP contribution in [0.25, 0.3) is 0 Å². The lowest BCUT2D eigenvalue weighted by Gasteiger charge is -2.29. The molecule has 6 heteroatoms. The average molecular weight is 445 g/mol. The Balaban J connectivity index is 1.74. The molecule has 148 valence electrons. The number of amides is 2. The van der Waals surface area contributed by atoms with Crippen LogP contribution in [0.4, 0.5) is 0 Å². The van der Waals surface area contributed by atoms with Crippen LogP contribution < -0.4 is 15.4 Å². The Bertz CT molecular complexity index is 882. The van der Waals surface area contributed by atoms with E-state index in [4.69, 9.17) is 4.74 Å². The molecule has 0 saturated carbocycles. The van der Waals surface area contributed by atoms with Gasteiger partial charge in [-0.05, 0) is 43.2 Å². The number of carbonyl (C=O) groups excluding carboxylic acids is 2. The van der Waals surface area contributed by atoms with Gasteiger partial charge >= 0.3 is 0 Å². The van der Waals surface area contributed by atoms with Crippen LogP contribution in [0.2, 0.25) is 0 Å². The third-order valence-corrected chi connectivity index (χ3v) is 5.34. The Morgan fingerprint density at radius 3 is 2.68 bits per heavy atom. The molecule has 2 N–H and O–H groups in total. The summed E-state index contributed by atoms with van der Waals surface area (Å²) in [5.74, 6) is 0.307. The first-order chi connectivity index (χ1) is 13.3. The molecule has 2 aromatic rings. The summed E-state index contributed by atoms with van der Waals surface area (Å²) in [5, 5.41) is 5.99. The van der Waals surface area contributed by atoms with E-state index in [-0.39, 0.29) is 23.8 Å². The van der Waals surface area contributed by atoms with Gasteiger partial charge in [-0.15, -0.1) is 0 Å². The summed E-state index contributed by atoms with van der Waals surface area (Å²) in [6.45, 7) is 6.33. The Morgan fingerprint density at radius 2 is 1.96 bits per heavy atom. The maximum absolute atomic E-state index is 13.0. The lowest BCUT2D eigenvalue weighted by atomic mass is 9.98. The Hall–Kier alpha value is -2.34. The molecule has 1 heterocycles. The second-order valence-corrected chi connectivity index (χ2v) is 8.36. The predicted molar refractivity (Wildman–Crippen MR) is 112 cm³/mol. The van der Waals surface area contributed by atoms with Crippen molar-refractivity contribution in [3.05, 3.63) is 63.6 Å². The van der Waals surface area contributed by atoms with Crippen molar-refractivity contribution in [1.29, 1.82) is 0 Å². The van der Waals surface area contributed by atoms with E-state index in [9.17, 15) is 9.59 Å². The summed E-state index contributed by atoms with van der Waals surface area (Å²) in [7, 11) is 0. The monoisotopic (exact) mass is 444 g/mol. The number of aryl methyl sites for hydroxylation is 1. The molecule has 1 aliphatic rings. The van der Waals surface area contributed by atoms with E-state index < -0.39 is 6.04 Å². The highest BCUT2D eigenvalue weighted by atomic mass is 79.9. The number of fused-ring (bicyclic) bond motifs is 1. The average Bonchev–Trinajstić information content (AvgIpc) is 2.66. The lowest BCUT2D eigenvalue weighted by molar-refractivity contribution is -0.124. The van der Waals surface area contributed by atoms with Gasteiger partial charge in [0.25, 0.3) is 5.91 Å². The Labute approximate surface area is 174 Å². The molecule has 3 rings (SSSR count). The molecular weight excluding hydrogens is 420 g/mol. The normalized spacial score (nSPS) is 16.7. The van der Waals surface area contributed by atoms with Crippen LogP contribution in [0.15, 0.2) is 46.9 Å². The maximum Gasteiger partial charge on any atom is 0.251 e. The van der Waals surface area contributed by atoms with Crippen LogP contribution in [0.5, 0.6) is 5.75 Å². The molecule has 0 spiro atoms. The number of ether oxygens (including phenoxy) is 1. The van der Waals surface area contributed by atoms with E-state index >= 15 is 0 Å². The minimum Gasteiger partial charge on any atom is -0.493 e. The summed E-state index contributed by atoms with van der Waals surface area (Å²) in [4.78, 5) is 25.6. The van der Waals surface area contributed by atoms with E-state index in [1.807, 2.05) is 57.2 Å². The highest BCUT2D eigenvalue weighted by Gasteiger charge is 2.29. The van der Waals surface area contributed by atoms with Crippen LogP contribution in [0.1, 0.15) is 47.8 Å². The Morgan fingerprint density at radius 1 is 1.18 bits per heavy atom. The van der Waals surface area contributed by atoms with Crippen LogP contribution >= 0.6 is 15.9 Å². The summed E-state index contributed by atoms with van der Waals surface area (Å²) in [5.41, 5.74) is 2.50. The smallest absolute Gasteiger partial charge is 0.251 e. The van der Waals surface area contributed by atoms with Crippen LogP contribution in [-0.4, -0.2) is 24.5 Å². The van der Waals surface area contributed by atoms with Crippen molar-refractivity contribution in [2.24, 2.45) is 5.92 Å². The molecule has 28 heavy (non-hydrogen) atoms. The van der Waals surface area contributed by atoms with E-state index in [1.54, 1.807) is 6.07 Å². The van der Waals surface area contributed by atoms with E-state index in [2.05, 4.69) is 26.6 Å². The molecule has 2 amide bonds. The minimum atomic E-state index is -0.619. The maximum atomic E-state index is 13.0. The molecule has 0 bridgehead atoms. The standard InChI is InChI=1S/C22H25BrN2O3/c1-13(2)20(25-21(26)15-6-4-5-14(3)11-15)22(27)24-18-9-10-28-19-8-7-16(23)12-17(18)19/h4-8,11-13,18,20H,9-10H2,1-3H3,(H,24,27)(H,25,26). The van der Waals surface area contributed by atoms with Gasteiger partial charge in [0.05, 0.1) is 12.6 Å². The zero-order chi connectivity index (χ0) is 20.3.